The number of aromatic nitrogens is 3. The number of anilines is 1. The number of nitrogens with one attached hydrogen (secondary N) is 1. The van der Waals surface area contributed by atoms with Crippen molar-refractivity contribution in [1.82, 2.24) is 19.3 Å². The Morgan fingerprint density at radius 3 is 2.73 bits per heavy atom. The molecule has 9 heteroatoms. The van der Waals surface area contributed by atoms with Gasteiger partial charge in [0.2, 0.25) is 10.0 Å². The van der Waals surface area contributed by atoms with Crippen LogP contribution in [0.25, 0.3) is 11.0 Å². The largest absolute Gasteiger partial charge is 0.396 e. The van der Waals surface area contributed by atoms with Crippen molar-refractivity contribution < 1.29 is 13.5 Å². The minimum atomic E-state index is -3.28. The molecule has 2 fully saturated rings. The first-order chi connectivity index (χ1) is 14.4. The lowest BCUT2D eigenvalue weighted by Crippen LogP contribution is -2.40. The molecule has 2 aliphatic rings. The number of H-pyrrole nitrogens is 1. The first-order valence-electron chi connectivity index (χ1n) is 11.0. The Balaban J connectivity index is 1.35. The lowest BCUT2D eigenvalue weighted by Gasteiger charge is -2.36. The summed E-state index contributed by atoms with van der Waals surface area (Å²) in [6.45, 7) is 3.09. The Hall–Kier alpha value is -1.71. The molecule has 1 aliphatic heterocycles. The van der Waals surface area contributed by atoms with Crippen LogP contribution < -0.4 is 4.90 Å². The number of fused-ring (bicyclic) bond motifs is 1. The summed E-state index contributed by atoms with van der Waals surface area (Å²) in [5, 5.41) is 10.7. The van der Waals surface area contributed by atoms with E-state index in [0.717, 1.165) is 55.4 Å². The van der Waals surface area contributed by atoms with E-state index < -0.39 is 10.0 Å². The van der Waals surface area contributed by atoms with Gasteiger partial charge in [-0.15, -0.1) is 0 Å². The lowest BCUT2D eigenvalue weighted by molar-refractivity contribution is 0.133. The molecule has 2 aromatic heterocycles. The van der Waals surface area contributed by atoms with E-state index in [2.05, 4.69) is 26.9 Å². The molecule has 3 heterocycles. The van der Waals surface area contributed by atoms with E-state index >= 15 is 0 Å². The Morgan fingerprint density at radius 1 is 1.30 bits per heavy atom. The van der Waals surface area contributed by atoms with E-state index in [4.69, 9.17) is 0 Å². The van der Waals surface area contributed by atoms with Crippen LogP contribution in [0.15, 0.2) is 18.6 Å². The number of nitrogens with zero attached hydrogens (tertiary/aromatic N) is 4. The van der Waals surface area contributed by atoms with Gasteiger partial charge in [-0.25, -0.2) is 22.7 Å². The van der Waals surface area contributed by atoms with Gasteiger partial charge in [-0.3, -0.25) is 0 Å². The quantitative estimate of drug-likeness (QED) is 0.692. The molecule has 4 rings (SSSR count). The van der Waals surface area contributed by atoms with Gasteiger partial charge in [-0.05, 0) is 50.5 Å². The molecule has 0 aromatic carbocycles. The fraction of sp³-hybridized carbons (Fsp3) is 0.714. The number of hydrogen-bond acceptors (Lipinski definition) is 6. The van der Waals surface area contributed by atoms with Crippen molar-refractivity contribution in [2.45, 2.75) is 51.5 Å². The zero-order chi connectivity index (χ0) is 21.4. The van der Waals surface area contributed by atoms with Crippen LogP contribution in [0.2, 0.25) is 0 Å². The molecule has 2 N–H and O–H groups in total. The molecule has 2 aromatic rings. The Bertz CT molecular complexity index is 964. The minimum Gasteiger partial charge on any atom is -0.396 e. The number of sulfonamides is 1. The van der Waals surface area contributed by atoms with E-state index in [0.29, 0.717) is 19.1 Å². The summed E-state index contributed by atoms with van der Waals surface area (Å²) in [6.07, 6.45) is 8.76. The van der Waals surface area contributed by atoms with Gasteiger partial charge in [0.25, 0.3) is 0 Å². The second kappa shape index (κ2) is 8.43. The topological polar surface area (TPSA) is 102 Å². The predicted molar refractivity (Wildman–Crippen MR) is 118 cm³/mol. The molecule has 166 valence electrons. The number of rotatable bonds is 7. The second-order valence-electron chi connectivity index (χ2n) is 9.10. The van der Waals surface area contributed by atoms with Crippen molar-refractivity contribution in [3.63, 3.8) is 0 Å². The molecule has 1 saturated carbocycles. The zero-order valence-electron chi connectivity index (χ0n) is 17.9. The van der Waals surface area contributed by atoms with Crippen LogP contribution in [0.1, 0.15) is 45.4 Å². The van der Waals surface area contributed by atoms with Gasteiger partial charge in [-0.2, -0.15) is 0 Å². The van der Waals surface area contributed by atoms with Crippen molar-refractivity contribution in [3.05, 3.63) is 18.6 Å². The number of aliphatic hydroxyl groups excluding tert-OH is 1. The molecule has 1 aliphatic carbocycles. The second-order valence-corrected chi connectivity index (χ2v) is 11.1. The number of aliphatic hydroxyl groups is 1. The average molecular weight is 436 g/mol. The van der Waals surface area contributed by atoms with E-state index in [1.807, 2.05) is 19.2 Å². The maximum atomic E-state index is 13.0. The van der Waals surface area contributed by atoms with Gasteiger partial charge < -0.3 is 15.0 Å². The van der Waals surface area contributed by atoms with E-state index in [-0.39, 0.29) is 23.7 Å². The zero-order valence-corrected chi connectivity index (χ0v) is 18.7. The first-order valence-corrected chi connectivity index (χ1v) is 12.6. The van der Waals surface area contributed by atoms with Gasteiger partial charge in [0.15, 0.2) is 0 Å². The van der Waals surface area contributed by atoms with Crippen LogP contribution in [0, 0.1) is 11.3 Å². The highest BCUT2D eigenvalue weighted by Crippen LogP contribution is 2.37. The Kier molecular flexibility index (Phi) is 6.05. The Morgan fingerprint density at radius 2 is 2.07 bits per heavy atom. The molecule has 0 amide bonds. The summed E-state index contributed by atoms with van der Waals surface area (Å²) in [5.74, 6) is 1.35. The fourth-order valence-electron chi connectivity index (χ4n) is 5.08. The molecule has 0 spiro atoms. The molecule has 8 nitrogen and oxygen atoms in total. The van der Waals surface area contributed by atoms with Crippen LogP contribution in [0.5, 0.6) is 0 Å². The van der Waals surface area contributed by atoms with Crippen LogP contribution in [0.3, 0.4) is 0 Å². The predicted octanol–water partition coefficient (Wildman–Crippen LogP) is 2.38. The van der Waals surface area contributed by atoms with Crippen LogP contribution in [0.4, 0.5) is 5.82 Å². The van der Waals surface area contributed by atoms with Gasteiger partial charge in [-0.1, -0.05) is 6.92 Å². The first kappa shape index (κ1) is 21.5. The lowest BCUT2D eigenvalue weighted by atomic mass is 9.85. The minimum absolute atomic E-state index is 0.0599. The van der Waals surface area contributed by atoms with Crippen molar-refractivity contribution in [3.8, 4) is 0 Å². The monoisotopic (exact) mass is 435 g/mol. The summed E-state index contributed by atoms with van der Waals surface area (Å²) in [5.41, 5.74) is 0.581. The van der Waals surface area contributed by atoms with Crippen LogP contribution in [-0.4, -0.2) is 71.3 Å². The van der Waals surface area contributed by atoms with E-state index in [1.165, 1.54) is 0 Å². The third-order valence-corrected chi connectivity index (χ3v) is 9.35. The van der Waals surface area contributed by atoms with Crippen molar-refractivity contribution >= 4 is 26.9 Å². The van der Waals surface area contributed by atoms with E-state index in [1.54, 1.807) is 10.6 Å². The molecule has 0 bridgehead atoms. The van der Waals surface area contributed by atoms with Gasteiger partial charge in [0, 0.05) is 44.4 Å². The summed E-state index contributed by atoms with van der Waals surface area (Å²) in [7, 11) is -1.21. The summed E-state index contributed by atoms with van der Waals surface area (Å²) < 4.78 is 27.6. The molecule has 1 saturated heterocycles. The SMILES string of the molecule is CCC1(CO)CCN(S(=O)(=O)C[C@H]2CC[C@H](N(C)c3ncnc4[nH]ccc34)CC2)C1. The standard InChI is InChI=1S/C21H33N5O3S/c1-3-21(14-27)9-11-26(13-21)30(28,29)12-16-4-6-17(7-5-16)25(2)20-18-8-10-22-19(18)23-15-24-20/h8,10,15-17,27H,3-7,9,11-14H2,1-2H3,(H,22,23,24)/t16-,17-,21?. The highest BCUT2D eigenvalue weighted by Gasteiger charge is 2.41. The number of aromatic amines is 1. The molecular weight excluding hydrogens is 402 g/mol. The van der Waals surface area contributed by atoms with Gasteiger partial charge in [0.1, 0.15) is 17.8 Å². The molecule has 0 radical (unpaired) electrons. The molecular formula is C21H33N5O3S. The smallest absolute Gasteiger partial charge is 0.214 e. The maximum absolute atomic E-state index is 13.0. The number of hydrogen-bond donors (Lipinski definition) is 2. The average Bonchev–Trinajstić information content (AvgIpc) is 3.41. The summed E-state index contributed by atoms with van der Waals surface area (Å²) in [4.78, 5) is 14.1. The fourth-order valence-corrected chi connectivity index (χ4v) is 7.06. The Labute approximate surface area is 178 Å². The maximum Gasteiger partial charge on any atom is 0.214 e. The molecule has 30 heavy (non-hydrogen) atoms. The van der Waals surface area contributed by atoms with Crippen molar-refractivity contribution in [2.24, 2.45) is 11.3 Å². The van der Waals surface area contributed by atoms with Crippen molar-refractivity contribution in [2.75, 3.05) is 37.4 Å². The normalized spacial score (nSPS) is 28.2. The van der Waals surface area contributed by atoms with Crippen LogP contribution in [-0.2, 0) is 10.0 Å². The third kappa shape index (κ3) is 4.07. The highest BCUT2D eigenvalue weighted by molar-refractivity contribution is 7.89. The molecule has 1 unspecified atom stereocenters. The van der Waals surface area contributed by atoms with Crippen molar-refractivity contribution in [1.29, 1.82) is 0 Å². The summed E-state index contributed by atoms with van der Waals surface area (Å²) in [6, 6.07) is 2.35. The summed E-state index contributed by atoms with van der Waals surface area (Å²) >= 11 is 0. The molecule has 1 atom stereocenters. The van der Waals surface area contributed by atoms with E-state index in [9.17, 15) is 13.5 Å². The van der Waals surface area contributed by atoms with Gasteiger partial charge >= 0.3 is 0 Å². The highest BCUT2D eigenvalue weighted by atomic mass is 32.2. The van der Waals surface area contributed by atoms with Gasteiger partial charge in [0.05, 0.1) is 11.1 Å². The third-order valence-electron chi connectivity index (χ3n) is 7.36. The van der Waals surface area contributed by atoms with Crippen LogP contribution >= 0.6 is 0 Å².